The van der Waals surface area contributed by atoms with E-state index in [0.717, 1.165) is 31.5 Å². The van der Waals surface area contributed by atoms with Crippen molar-refractivity contribution in [2.24, 2.45) is 0 Å². The molecule has 6 nitrogen and oxygen atoms in total. The topological polar surface area (TPSA) is 63.7 Å². The van der Waals surface area contributed by atoms with Crippen molar-refractivity contribution in [2.45, 2.75) is 19.4 Å². The number of carbonyl (C=O) groups excluding carboxylic acids is 1. The summed E-state index contributed by atoms with van der Waals surface area (Å²) in [4.78, 5) is 19.3. The Morgan fingerprint density at radius 1 is 1.10 bits per heavy atom. The molecule has 1 amide bonds. The zero-order chi connectivity index (χ0) is 21.1. The molecule has 4 rings (SSSR count). The molecule has 1 fully saturated rings. The minimum absolute atomic E-state index is 0.0824. The standard InChI is InChI=1S/C23H24FN3O3/c1-29-20-8-5-15(11-21(20)30-2)13-26-22-17-12-16(24)6-7-19(17)25-14-18(22)23(28)27-9-3-4-10-27/h5-8,11-12,14H,3-4,9-10,13H2,1-2H3,(H,25,26). The fourth-order valence-corrected chi connectivity index (χ4v) is 3.79. The zero-order valence-corrected chi connectivity index (χ0v) is 17.1. The second-order valence-electron chi connectivity index (χ2n) is 7.25. The lowest BCUT2D eigenvalue weighted by Gasteiger charge is -2.20. The number of aromatic nitrogens is 1. The fourth-order valence-electron chi connectivity index (χ4n) is 3.79. The zero-order valence-electron chi connectivity index (χ0n) is 17.1. The monoisotopic (exact) mass is 409 g/mol. The second kappa shape index (κ2) is 8.57. The van der Waals surface area contributed by atoms with Crippen LogP contribution in [-0.2, 0) is 6.54 Å². The van der Waals surface area contributed by atoms with Crippen LogP contribution in [0.2, 0.25) is 0 Å². The third kappa shape index (κ3) is 3.87. The summed E-state index contributed by atoms with van der Waals surface area (Å²) in [6.07, 6.45) is 3.57. The van der Waals surface area contributed by atoms with E-state index in [4.69, 9.17) is 9.47 Å². The molecule has 1 N–H and O–H groups in total. The third-order valence-corrected chi connectivity index (χ3v) is 5.37. The Morgan fingerprint density at radius 3 is 2.60 bits per heavy atom. The maximum absolute atomic E-state index is 14.0. The normalized spacial score (nSPS) is 13.5. The number of nitrogens with zero attached hydrogens (tertiary/aromatic N) is 2. The molecule has 0 unspecified atom stereocenters. The number of hydrogen-bond acceptors (Lipinski definition) is 5. The molecule has 0 radical (unpaired) electrons. The number of halogens is 1. The average Bonchev–Trinajstić information content (AvgIpc) is 3.31. The molecule has 0 aliphatic carbocycles. The number of benzene rings is 2. The minimum Gasteiger partial charge on any atom is -0.493 e. The summed E-state index contributed by atoms with van der Waals surface area (Å²) in [5.74, 6) is 0.809. The van der Waals surface area contributed by atoms with E-state index in [9.17, 15) is 9.18 Å². The summed E-state index contributed by atoms with van der Waals surface area (Å²) in [5.41, 5.74) is 2.61. The van der Waals surface area contributed by atoms with Gasteiger partial charge >= 0.3 is 0 Å². The van der Waals surface area contributed by atoms with Crippen molar-refractivity contribution in [3.05, 3.63) is 59.5 Å². The van der Waals surface area contributed by atoms with Crippen LogP contribution in [0.1, 0.15) is 28.8 Å². The predicted octanol–water partition coefficient (Wildman–Crippen LogP) is 4.24. The van der Waals surface area contributed by atoms with E-state index >= 15 is 0 Å². The lowest BCUT2D eigenvalue weighted by Crippen LogP contribution is -2.28. The van der Waals surface area contributed by atoms with Crippen LogP contribution in [0.3, 0.4) is 0 Å². The van der Waals surface area contributed by atoms with Gasteiger partial charge in [0.1, 0.15) is 5.82 Å². The number of nitrogens with one attached hydrogen (secondary N) is 1. The van der Waals surface area contributed by atoms with Crippen molar-refractivity contribution in [1.29, 1.82) is 0 Å². The van der Waals surface area contributed by atoms with Crippen LogP contribution in [0.25, 0.3) is 10.9 Å². The van der Waals surface area contributed by atoms with Gasteiger partial charge in [0.15, 0.2) is 11.5 Å². The molecule has 0 spiro atoms. The van der Waals surface area contributed by atoms with E-state index in [-0.39, 0.29) is 11.7 Å². The number of methoxy groups -OCH3 is 2. The Hall–Kier alpha value is -3.35. The molecular weight excluding hydrogens is 385 g/mol. The smallest absolute Gasteiger partial charge is 0.257 e. The number of hydrogen-bond donors (Lipinski definition) is 1. The van der Waals surface area contributed by atoms with Gasteiger partial charge in [-0.25, -0.2) is 4.39 Å². The third-order valence-electron chi connectivity index (χ3n) is 5.37. The highest BCUT2D eigenvalue weighted by atomic mass is 19.1. The molecule has 2 heterocycles. The van der Waals surface area contributed by atoms with E-state index in [1.165, 1.54) is 12.1 Å². The van der Waals surface area contributed by atoms with Gasteiger partial charge in [0.2, 0.25) is 0 Å². The van der Waals surface area contributed by atoms with Gasteiger partial charge in [-0.2, -0.15) is 0 Å². The highest BCUT2D eigenvalue weighted by Crippen LogP contribution is 2.31. The molecule has 30 heavy (non-hydrogen) atoms. The molecule has 7 heteroatoms. The Balaban J connectivity index is 1.71. The molecule has 0 bridgehead atoms. The number of rotatable bonds is 6. The van der Waals surface area contributed by atoms with Gasteiger partial charge in [0.05, 0.1) is 31.0 Å². The molecule has 0 saturated carbocycles. The van der Waals surface area contributed by atoms with Crippen LogP contribution >= 0.6 is 0 Å². The predicted molar refractivity (Wildman–Crippen MR) is 114 cm³/mol. The van der Waals surface area contributed by atoms with Gasteiger partial charge in [0.25, 0.3) is 5.91 Å². The molecule has 1 aliphatic heterocycles. The van der Waals surface area contributed by atoms with Gasteiger partial charge in [-0.3, -0.25) is 9.78 Å². The molecule has 0 atom stereocenters. The summed E-state index contributed by atoms with van der Waals surface area (Å²) < 4.78 is 24.7. The van der Waals surface area contributed by atoms with Crippen molar-refractivity contribution in [2.75, 3.05) is 32.6 Å². The molecule has 3 aromatic rings. The number of carbonyl (C=O) groups is 1. The number of pyridine rings is 1. The fraction of sp³-hybridized carbons (Fsp3) is 0.304. The number of ether oxygens (including phenoxy) is 2. The Morgan fingerprint density at radius 2 is 1.87 bits per heavy atom. The van der Waals surface area contributed by atoms with E-state index in [1.807, 2.05) is 23.1 Å². The Kier molecular flexibility index (Phi) is 5.70. The number of anilines is 1. The molecule has 156 valence electrons. The summed E-state index contributed by atoms with van der Waals surface area (Å²) >= 11 is 0. The Labute approximate surface area is 174 Å². The number of likely N-dealkylation sites (tertiary alicyclic amines) is 1. The van der Waals surface area contributed by atoms with E-state index in [1.54, 1.807) is 26.5 Å². The van der Waals surface area contributed by atoms with E-state index < -0.39 is 0 Å². The lowest BCUT2D eigenvalue weighted by molar-refractivity contribution is 0.0793. The summed E-state index contributed by atoms with van der Waals surface area (Å²) in [5, 5.41) is 3.93. The number of amides is 1. The average molecular weight is 409 g/mol. The first-order valence-corrected chi connectivity index (χ1v) is 9.93. The molecule has 1 aliphatic rings. The van der Waals surface area contributed by atoms with Gasteiger partial charge in [-0.1, -0.05) is 6.07 Å². The van der Waals surface area contributed by atoms with E-state index in [2.05, 4.69) is 10.3 Å². The molecule has 2 aromatic carbocycles. The minimum atomic E-state index is -0.371. The van der Waals surface area contributed by atoms with Gasteiger partial charge in [0, 0.05) is 31.2 Å². The maximum Gasteiger partial charge on any atom is 0.257 e. The molecule has 1 aromatic heterocycles. The van der Waals surface area contributed by atoms with Crippen LogP contribution in [0.15, 0.2) is 42.6 Å². The van der Waals surface area contributed by atoms with Crippen molar-refractivity contribution < 1.29 is 18.7 Å². The largest absolute Gasteiger partial charge is 0.493 e. The first-order valence-electron chi connectivity index (χ1n) is 9.93. The van der Waals surface area contributed by atoms with Crippen molar-refractivity contribution in [3.8, 4) is 11.5 Å². The van der Waals surface area contributed by atoms with Gasteiger partial charge in [-0.15, -0.1) is 0 Å². The Bertz CT molecular complexity index is 1080. The van der Waals surface area contributed by atoms with Crippen LogP contribution in [0.4, 0.5) is 10.1 Å². The van der Waals surface area contributed by atoms with Crippen LogP contribution in [0.5, 0.6) is 11.5 Å². The first-order chi connectivity index (χ1) is 14.6. The SMILES string of the molecule is COc1ccc(CNc2c(C(=O)N3CCCC3)cnc3ccc(F)cc23)cc1OC. The summed E-state index contributed by atoms with van der Waals surface area (Å²) in [7, 11) is 3.17. The van der Waals surface area contributed by atoms with Gasteiger partial charge < -0.3 is 19.7 Å². The van der Waals surface area contributed by atoms with Gasteiger partial charge in [-0.05, 0) is 48.7 Å². The summed E-state index contributed by atoms with van der Waals surface area (Å²) in [6.45, 7) is 1.89. The van der Waals surface area contributed by atoms with Crippen molar-refractivity contribution >= 4 is 22.5 Å². The highest BCUT2D eigenvalue weighted by Gasteiger charge is 2.24. The van der Waals surface area contributed by atoms with Crippen LogP contribution in [0, 0.1) is 5.82 Å². The quantitative estimate of drug-likeness (QED) is 0.660. The lowest BCUT2D eigenvalue weighted by atomic mass is 10.1. The summed E-state index contributed by atoms with van der Waals surface area (Å²) in [6, 6.07) is 10.0. The van der Waals surface area contributed by atoms with Crippen LogP contribution < -0.4 is 14.8 Å². The second-order valence-corrected chi connectivity index (χ2v) is 7.25. The number of fused-ring (bicyclic) bond motifs is 1. The van der Waals surface area contributed by atoms with E-state index in [0.29, 0.717) is 40.2 Å². The van der Waals surface area contributed by atoms with Crippen LogP contribution in [-0.4, -0.2) is 43.1 Å². The molecular formula is C23H24FN3O3. The van der Waals surface area contributed by atoms with Crippen molar-refractivity contribution in [1.82, 2.24) is 9.88 Å². The van der Waals surface area contributed by atoms with Crippen molar-refractivity contribution in [3.63, 3.8) is 0 Å². The maximum atomic E-state index is 14.0. The highest BCUT2D eigenvalue weighted by molar-refractivity contribution is 6.07. The first kappa shape index (κ1) is 19.9. The molecule has 1 saturated heterocycles.